The van der Waals surface area contributed by atoms with Gasteiger partial charge >= 0.3 is 5.97 Å². The summed E-state index contributed by atoms with van der Waals surface area (Å²) in [7, 11) is 0. The van der Waals surface area contributed by atoms with Gasteiger partial charge in [-0.3, -0.25) is 0 Å². The molecule has 2 rings (SSSR count). The highest BCUT2D eigenvalue weighted by Gasteiger charge is 2.09. The van der Waals surface area contributed by atoms with E-state index < -0.39 is 5.97 Å². The van der Waals surface area contributed by atoms with Crippen LogP contribution < -0.4 is 0 Å². The fourth-order valence-electron chi connectivity index (χ4n) is 1.65. The predicted molar refractivity (Wildman–Crippen MR) is 84.6 cm³/mol. The molecule has 0 saturated carbocycles. The lowest BCUT2D eigenvalue weighted by atomic mass is 10.1. The van der Waals surface area contributed by atoms with Crippen molar-refractivity contribution in [2.45, 2.75) is 0 Å². The minimum absolute atomic E-state index is 0.247. The summed E-state index contributed by atoms with van der Waals surface area (Å²) < 4.78 is 5.28. The molecule has 0 amide bonds. The number of nitrogens with zero attached hydrogens (tertiary/aromatic N) is 1. The molecular formula is C16H14BrNO3. The normalized spacial score (nSPS) is 11.2. The fourth-order valence-corrected chi connectivity index (χ4v) is 1.81. The van der Waals surface area contributed by atoms with Crippen LogP contribution in [0.15, 0.2) is 65.8 Å². The van der Waals surface area contributed by atoms with Gasteiger partial charge in [-0.15, -0.1) is 0 Å². The molecule has 0 atom stereocenters. The number of alkyl halides is 1. The number of hydrogen-bond donors (Lipinski definition) is 0. The number of rotatable bonds is 6. The van der Waals surface area contributed by atoms with Crippen LogP contribution in [0.4, 0.5) is 0 Å². The molecule has 0 aliphatic carbocycles. The van der Waals surface area contributed by atoms with E-state index in [9.17, 15) is 4.79 Å². The van der Waals surface area contributed by atoms with E-state index in [1.165, 1.54) is 0 Å². The second-order valence-electron chi connectivity index (χ2n) is 4.11. The average molecular weight is 348 g/mol. The van der Waals surface area contributed by atoms with E-state index in [4.69, 9.17) is 9.57 Å². The molecule has 0 saturated heterocycles. The molecule has 0 aromatic heterocycles. The van der Waals surface area contributed by atoms with Gasteiger partial charge < -0.3 is 9.57 Å². The monoisotopic (exact) mass is 347 g/mol. The maximum Gasteiger partial charge on any atom is 0.365 e. The third-order valence-electron chi connectivity index (χ3n) is 2.67. The van der Waals surface area contributed by atoms with Gasteiger partial charge in [0.2, 0.25) is 0 Å². The molecule has 5 heteroatoms. The molecule has 0 spiro atoms. The van der Waals surface area contributed by atoms with Crippen molar-refractivity contribution in [3.05, 3.63) is 71.8 Å². The van der Waals surface area contributed by atoms with E-state index in [2.05, 4.69) is 21.1 Å². The van der Waals surface area contributed by atoms with Crippen molar-refractivity contribution in [3.63, 3.8) is 0 Å². The number of oxime groups is 1. The third kappa shape index (κ3) is 4.81. The van der Waals surface area contributed by atoms with E-state index in [0.717, 1.165) is 5.56 Å². The zero-order chi connectivity index (χ0) is 14.9. The fraction of sp³-hybridized carbons (Fsp3) is 0.125. The Bertz CT molecular complexity index is 599. The summed E-state index contributed by atoms with van der Waals surface area (Å²) in [5.74, 6) is -0.497. The highest BCUT2D eigenvalue weighted by Crippen LogP contribution is 2.06. The van der Waals surface area contributed by atoms with Crippen LogP contribution in [0.25, 0.3) is 0 Å². The molecule has 21 heavy (non-hydrogen) atoms. The third-order valence-corrected chi connectivity index (χ3v) is 2.99. The van der Waals surface area contributed by atoms with Crippen LogP contribution in [-0.4, -0.2) is 23.8 Å². The number of benzene rings is 2. The van der Waals surface area contributed by atoms with Gasteiger partial charge in [-0.1, -0.05) is 69.6 Å². The van der Waals surface area contributed by atoms with Crippen LogP contribution in [0, 0.1) is 0 Å². The van der Waals surface area contributed by atoms with Gasteiger partial charge in [0.15, 0.2) is 0 Å². The minimum Gasteiger partial charge on any atom is -0.364 e. The Morgan fingerprint density at radius 3 is 2.10 bits per heavy atom. The lowest BCUT2D eigenvalue weighted by molar-refractivity contribution is 0.0513. The summed E-state index contributed by atoms with van der Waals surface area (Å²) in [5.41, 5.74) is 2.24. The van der Waals surface area contributed by atoms with Gasteiger partial charge in [-0.2, -0.15) is 0 Å². The Balaban J connectivity index is 2.11. The molecular weight excluding hydrogens is 334 g/mol. The maximum absolute atomic E-state index is 11.9. The van der Waals surface area contributed by atoms with Crippen LogP contribution in [0.2, 0.25) is 0 Å². The lowest BCUT2D eigenvalue weighted by Gasteiger charge is -2.06. The van der Waals surface area contributed by atoms with Crippen LogP contribution in [0.5, 0.6) is 0 Å². The van der Waals surface area contributed by atoms with Crippen LogP contribution in [0.1, 0.15) is 15.9 Å². The summed E-state index contributed by atoms with van der Waals surface area (Å²) in [5, 5.41) is 3.93. The van der Waals surface area contributed by atoms with Gasteiger partial charge in [0.25, 0.3) is 0 Å². The van der Waals surface area contributed by atoms with Crippen molar-refractivity contribution in [1.82, 2.24) is 0 Å². The van der Waals surface area contributed by atoms with Gasteiger partial charge in [0.1, 0.15) is 11.2 Å². The molecule has 0 aliphatic heterocycles. The van der Waals surface area contributed by atoms with Crippen molar-refractivity contribution in [2.24, 2.45) is 5.16 Å². The van der Waals surface area contributed by atoms with Crippen molar-refractivity contribution in [3.8, 4) is 0 Å². The van der Waals surface area contributed by atoms with Crippen molar-refractivity contribution in [1.29, 1.82) is 0 Å². The van der Waals surface area contributed by atoms with E-state index in [-0.39, 0.29) is 6.61 Å². The van der Waals surface area contributed by atoms with Crippen molar-refractivity contribution >= 4 is 27.6 Å². The Labute approximate surface area is 131 Å². The van der Waals surface area contributed by atoms with Gasteiger partial charge in [-0.25, -0.2) is 4.79 Å². The largest absolute Gasteiger partial charge is 0.365 e. The molecule has 4 nitrogen and oxygen atoms in total. The Kier molecular flexibility index (Phi) is 6.12. The summed E-state index contributed by atoms with van der Waals surface area (Å²) >= 11 is 3.18. The first kappa shape index (κ1) is 15.4. The first-order chi connectivity index (χ1) is 10.3. The van der Waals surface area contributed by atoms with E-state index in [1.807, 2.05) is 36.4 Å². The second-order valence-corrected chi connectivity index (χ2v) is 4.56. The summed E-state index contributed by atoms with van der Waals surface area (Å²) in [6, 6.07) is 18.2. The number of ether oxygens (including phenoxy) is 1. The molecule has 2 aromatic carbocycles. The smallest absolute Gasteiger partial charge is 0.364 e. The van der Waals surface area contributed by atoms with Crippen LogP contribution in [0.3, 0.4) is 0 Å². The maximum atomic E-state index is 11.9. The van der Waals surface area contributed by atoms with E-state index in [0.29, 0.717) is 16.8 Å². The minimum atomic E-state index is -0.497. The summed E-state index contributed by atoms with van der Waals surface area (Å²) in [6.45, 7) is 0.247. The Morgan fingerprint density at radius 2 is 1.52 bits per heavy atom. The SMILES string of the molecule is O=C(ON=C(COCBr)c1ccccc1)c1ccccc1. The van der Waals surface area contributed by atoms with E-state index in [1.54, 1.807) is 24.3 Å². The molecule has 0 radical (unpaired) electrons. The highest BCUT2D eigenvalue weighted by molar-refractivity contribution is 9.09. The van der Waals surface area contributed by atoms with Gasteiger partial charge in [0.05, 0.1) is 12.2 Å². The average Bonchev–Trinajstić information content (AvgIpc) is 2.56. The Morgan fingerprint density at radius 1 is 0.952 bits per heavy atom. The number of carbonyl (C=O) groups excluding carboxylic acids is 1. The summed E-state index contributed by atoms with van der Waals surface area (Å²) in [4.78, 5) is 16.9. The number of halogens is 1. The van der Waals surface area contributed by atoms with Gasteiger partial charge in [0, 0.05) is 5.56 Å². The molecule has 0 aliphatic rings. The number of hydrogen-bond acceptors (Lipinski definition) is 4. The first-order valence-electron chi connectivity index (χ1n) is 6.33. The highest BCUT2D eigenvalue weighted by atomic mass is 79.9. The summed E-state index contributed by atoms with van der Waals surface area (Å²) in [6.07, 6.45) is 0. The standard InChI is InChI=1S/C16H14BrNO3/c17-12-20-11-15(13-7-3-1-4-8-13)18-21-16(19)14-9-5-2-6-10-14/h1-10H,11-12H2. The molecule has 0 heterocycles. The van der Waals surface area contributed by atoms with Gasteiger partial charge in [-0.05, 0) is 12.1 Å². The first-order valence-corrected chi connectivity index (χ1v) is 7.46. The van der Waals surface area contributed by atoms with Crippen molar-refractivity contribution < 1.29 is 14.4 Å². The van der Waals surface area contributed by atoms with E-state index >= 15 is 0 Å². The van der Waals surface area contributed by atoms with Crippen LogP contribution >= 0.6 is 15.9 Å². The molecule has 0 unspecified atom stereocenters. The quantitative estimate of drug-likeness (QED) is 0.347. The molecule has 0 bridgehead atoms. The molecule has 108 valence electrons. The second kappa shape index (κ2) is 8.34. The molecule has 2 aromatic rings. The topological polar surface area (TPSA) is 47.9 Å². The predicted octanol–water partition coefficient (Wildman–Crippen LogP) is 3.62. The van der Waals surface area contributed by atoms with Crippen LogP contribution in [-0.2, 0) is 9.57 Å². The van der Waals surface area contributed by atoms with Crippen molar-refractivity contribution in [2.75, 3.05) is 12.1 Å². The Hall–Kier alpha value is -1.98. The zero-order valence-corrected chi connectivity index (χ0v) is 12.8. The molecule has 0 N–H and O–H groups in total. The zero-order valence-electron chi connectivity index (χ0n) is 11.2. The molecule has 0 fully saturated rings. The number of carbonyl (C=O) groups is 1. The lowest BCUT2D eigenvalue weighted by Crippen LogP contribution is -2.12.